The van der Waals surface area contributed by atoms with E-state index in [1.165, 1.54) is 12.1 Å². The highest BCUT2D eigenvalue weighted by atomic mass is 19.3. The molecule has 0 spiro atoms. The molecule has 1 fully saturated rings. The molecule has 0 unspecified atom stereocenters. The summed E-state index contributed by atoms with van der Waals surface area (Å²) >= 11 is 0. The second-order valence-electron chi connectivity index (χ2n) is 7.54. The number of alkyl halides is 2. The summed E-state index contributed by atoms with van der Waals surface area (Å²) in [6.07, 6.45) is -0.740. The van der Waals surface area contributed by atoms with E-state index >= 15 is 0 Å². The molecule has 5 nitrogen and oxygen atoms in total. The summed E-state index contributed by atoms with van der Waals surface area (Å²) in [7, 11) is 0. The first-order valence-electron chi connectivity index (χ1n) is 9.46. The van der Waals surface area contributed by atoms with Gasteiger partial charge in [0, 0.05) is 23.5 Å². The van der Waals surface area contributed by atoms with Gasteiger partial charge in [0.05, 0.1) is 17.5 Å². The zero-order valence-electron chi connectivity index (χ0n) is 16.2. The molecule has 0 bridgehead atoms. The van der Waals surface area contributed by atoms with E-state index in [2.05, 4.69) is 5.32 Å². The Kier molecular flexibility index (Phi) is 5.73. The number of aryl methyl sites for hydroxylation is 1. The number of aromatic nitrogens is 1. The first-order valence-corrected chi connectivity index (χ1v) is 9.46. The Labute approximate surface area is 166 Å². The third kappa shape index (κ3) is 4.31. The number of hydrogen-bond donors (Lipinski definition) is 2. The van der Waals surface area contributed by atoms with Gasteiger partial charge in [0.25, 0.3) is 11.8 Å². The number of amides is 1. The molecule has 2 atom stereocenters. The van der Waals surface area contributed by atoms with Gasteiger partial charge in [-0.3, -0.25) is 9.59 Å². The van der Waals surface area contributed by atoms with Gasteiger partial charge in [-0.1, -0.05) is 6.07 Å². The number of carbonyl (C=O) groups excluding carboxylic acids is 1. The van der Waals surface area contributed by atoms with Crippen LogP contribution in [-0.2, 0) is 4.79 Å². The van der Waals surface area contributed by atoms with E-state index in [-0.39, 0.29) is 24.8 Å². The molecule has 8 heteroatoms. The summed E-state index contributed by atoms with van der Waals surface area (Å²) in [5.74, 6) is -6.19. The van der Waals surface area contributed by atoms with E-state index in [0.29, 0.717) is 17.1 Å². The molecule has 2 aromatic rings. The van der Waals surface area contributed by atoms with Gasteiger partial charge in [0.2, 0.25) is 0 Å². The van der Waals surface area contributed by atoms with Crippen molar-refractivity contribution in [1.82, 2.24) is 9.88 Å². The zero-order valence-corrected chi connectivity index (χ0v) is 16.2. The Morgan fingerprint density at radius 2 is 1.90 bits per heavy atom. The SMILES string of the molecule is Cc1cc(C(=O)N[C@@H]2CC[C@@H](C(=O)O)CCC2(F)F)c(C)n1-c1cccc(F)c1. The normalized spacial score (nSPS) is 21.4. The van der Waals surface area contributed by atoms with Gasteiger partial charge in [-0.05, 0) is 57.4 Å². The molecule has 1 heterocycles. The van der Waals surface area contributed by atoms with E-state index in [0.717, 1.165) is 0 Å². The molecule has 1 aliphatic carbocycles. The maximum absolute atomic E-state index is 14.5. The number of nitrogens with zero attached hydrogens (tertiary/aromatic N) is 1. The van der Waals surface area contributed by atoms with Crippen LogP contribution in [0.4, 0.5) is 13.2 Å². The molecule has 1 saturated carbocycles. The summed E-state index contributed by atoms with van der Waals surface area (Å²) in [6.45, 7) is 3.41. The lowest BCUT2D eigenvalue weighted by molar-refractivity contribution is -0.142. The largest absolute Gasteiger partial charge is 0.481 e. The van der Waals surface area contributed by atoms with Gasteiger partial charge >= 0.3 is 5.97 Å². The number of aliphatic carboxylic acids is 1. The number of rotatable bonds is 4. The number of benzene rings is 1. The van der Waals surface area contributed by atoms with E-state index in [1.54, 1.807) is 36.6 Å². The van der Waals surface area contributed by atoms with E-state index < -0.39 is 42.0 Å². The topological polar surface area (TPSA) is 71.3 Å². The maximum Gasteiger partial charge on any atom is 0.306 e. The summed E-state index contributed by atoms with van der Waals surface area (Å²) < 4.78 is 44.2. The maximum atomic E-state index is 14.5. The van der Waals surface area contributed by atoms with Crippen LogP contribution in [0.1, 0.15) is 47.4 Å². The minimum atomic E-state index is -3.19. The highest BCUT2D eigenvalue weighted by Crippen LogP contribution is 2.35. The first kappa shape index (κ1) is 21.0. The summed E-state index contributed by atoms with van der Waals surface area (Å²) in [4.78, 5) is 23.9. The highest BCUT2D eigenvalue weighted by molar-refractivity contribution is 5.96. The van der Waals surface area contributed by atoms with Crippen LogP contribution >= 0.6 is 0 Å². The first-order chi connectivity index (χ1) is 13.6. The molecule has 0 radical (unpaired) electrons. The molecule has 0 aliphatic heterocycles. The molecule has 0 saturated heterocycles. The third-order valence-corrected chi connectivity index (χ3v) is 5.54. The van der Waals surface area contributed by atoms with E-state index in [4.69, 9.17) is 5.11 Å². The molecule has 29 heavy (non-hydrogen) atoms. The van der Waals surface area contributed by atoms with Crippen LogP contribution in [0.3, 0.4) is 0 Å². The van der Waals surface area contributed by atoms with Gasteiger partial charge in [0.15, 0.2) is 0 Å². The zero-order chi connectivity index (χ0) is 21.3. The van der Waals surface area contributed by atoms with Gasteiger partial charge in [-0.15, -0.1) is 0 Å². The molecule has 1 aromatic carbocycles. The lowest BCUT2D eigenvalue weighted by atomic mass is 10.0. The van der Waals surface area contributed by atoms with Crippen molar-refractivity contribution in [1.29, 1.82) is 0 Å². The van der Waals surface area contributed by atoms with Crippen molar-refractivity contribution in [2.75, 3.05) is 0 Å². The number of nitrogens with one attached hydrogen (secondary N) is 1. The summed E-state index contributed by atoms with van der Waals surface area (Å²) in [5, 5.41) is 11.5. The average Bonchev–Trinajstić information content (AvgIpc) is 2.85. The third-order valence-electron chi connectivity index (χ3n) is 5.54. The van der Waals surface area contributed by atoms with E-state index in [1.807, 2.05) is 0 Å². The second-order valence-corrected chi connectivity index (χ2v) is 7.54. The van der Waals surface area contributed by atoms with Crippen LogP contribution in [0, 0.1) is 25.6 Å². The lowest BCUT2D eigenvalue weighted by Crippen LogP contribution is -2.47. The molecule has 3 rings (SSSR count). The fourth-order valence-corrected chi connectivity index (χ4v) is 3.93. The monoisotopic (exact) mass is 408 g/mol. The Morgan fingerprint density at radius 1 is 1.17 bits per heavy atom. The molecular formula is C21H23F3N2O3. The second kappa shape index (κ2) is 7.93. The minimum absolute atomic E-state index is 0.0815. The quantitative estimate of drug-likeness (QED) is 0.744. The summed E-state index contributed by atoms with van der Waals surface area (Å²) in [5.41, 5.74) is 1.92. The van der Waals surface area contributed by atoms with Crippen molar-refractivity contribution < 1.29 is 27.9 Å². The molecule has 1 amide bonds. The van der Waals surface area contributed by atoms with Crippen molar-refractivity contribution in [3.05, 3.63) is 53.1 Å². The number of halogens is 3. The van der Waals surface area contributed by atoms with Crippen LogP contribution in [0.15, 0.2) is 30.3 Å². The number of carbonyl (C=O) groups is 2. The van der Waals surface area contributed by atoms with Crippen molar-refractivity contribution in [2.24, 2.45) is 5.92 Å². The number of carboxylic acid groups (broad SMARTS) is 1. The van der Waals surface area contributed by atoms with Crippen LogP contribution < -0.4 is 5.32 Å². The Bertz CT molecular complexity index is 939. The van der Waals surface area contributed by atoms with Crippen molar-refractivity contribution in [2.45, 2.75) is 51.5 Å². The fourth-order valence-electron chi connectivity index (χ4n) is 3.93. The molecule has 2 N–H and O–H groups in total. The predicted molar refractivity (Wildman–Crippen MR) is 101 cm³/mol. The molecule has 1 aromatic heterocycles. The fraction of sp³-hybridized carbons (Fsp3) is 0.429. The van der Waals surface area contributed by atoms with Gasteiger partial charge in [0.1, 0.15) is 5.82 Å². The smallest absolute Gasteiger partial charge is 0.306 e. The number of hydrogen-bond acceptors (Lipinski definition) is 2. The van der Waals surface area contributed by atoms with Crippen LogP contribution in [-0.4, -0.2) is 33.5 Å². The molecule has 1 aliphatic rings. The molecule has 156 valence electrons. The lowest BCUT2D eigenvalue weighted by Gasteiger charge is -2.25. The highest BCUT2D eigenvalue weighted by Gasteiger charge is 2.44. The predicted octanol–water partition coefficient (Wildman–Crippen LogP) is 4.24. The van der Waals surface area contributed by atoms with Crippen molar-refractivity contribution in [3.63, 3.8) is 0 Å². The Morgan fingerprint density at radius 3 is 2.55 bits per heavy atom. The Balaban J connectivity index is 1.84. The van der Waals surface area contributed by atoms with E-state index in [9.17, 15) is 22.8 Å². The number of carboxylic acids is 1. The van der Waals surface area contributed by atoms with Crippen molar-refractivity contribution in [3.8, 4) is 5.69 Å². The van der Waals surface area contributed by atoms with Crippen molar-refractivity contribution >= 4 is 11.9 Å². The minimum Gasteiger partial charge on any atom is -0.481 e. The standard InChI is InChI=1S/C21H23F3N2O3/c1-12-10-17(13(2)26(12)16-5-3-4-15(22)11-16)19(27)25-18-7-6-14(20(28)29)8-9-21(18,23)24/h3-5,10-11,14,18H,6-9H2,1-2H3,(H,25,27)(H,28,29)/t14-,18-/m1/s1. The average molecular weight is 408 g/mol. The molecular weight excluding hydrogens is 385 g/mol. The van der Waals surface area contributed by atoms with Crippen LogP contribution in [0.5, 0.6) is 0 Å². The van der Waals surface area contributed by atoms with Crippen LogP contribution in [0.25, 0.3) is 5.69 Å². The van der Waals surface area contributed by atoms with Gasteiger partial charge in [-0.25, -0.2) is 13.2 Å². The van der Waals surface area contributed by atoms with Crippen LogP contribution in [0.2, 0.25) is 0 Å². The van der Waals surface area contributed by atoms with Gasteiger partial charge < -0.3 is 15.0 Å². The summed E-state index contributed by atoms with van der Waals surface area (Å²) in [6, 6.07) is 6.02. The Hall–Kier alpha value is -2.77. The van der Waals surface area contributed by atoms with Gasteiger partial charge in [-0.2, -0.15) is 0 Å².